The van der Waals surface area contributed by atoms with Crippen molar-refractivity contribution < 1.29 is 4.39 Å². The fourth-order valence-corrected chi connectivity index (χ4v) is 6.74. The molecule has 0 radical (unpaired) electrons. The van der Waals surface area contributed by atoms with E-state index in [1.165, 1.54) is 84.5 Å². The van der Waals surface area contributed by atoms with Gasteiger partial charge in [-0.2, -0.15) is 0 Å². The average Bonchev–Trinajstić information content (AvgIpc) is 3.18. The van der Waals surface area contributed by atoms with E-state index in [-0.39, 0.29) is 18.6 Å². The molecule has 1 heterocycles. The number of allylic oxidation sites excluding steroid dienone is 2. The molecule has 2 aromatic carbocycles. The Morgan fingerprint density at radius 3 is 2.27 bits per heavy atom. The van der Waals surface area contributed by atoms with Crippen molar-refractivity contribution in [3.8, 4) is 11.1 Å². The van der Waals surface area contributed by atoms with E-state index >= 15 is 0 Å². The van der Waals surface area contributed by atoms with Crippen molar-refractivity contribution in [1.82, 2.24) is 10.3 Å². The molecule has 3 aromatic rings. The van der Waals surface area contributed by atoms with E-state index < -0.39 is 0 Å². The van der Waals surface area contributed by atoms with Gasteiger partial charge in [0.2, 0.25) is 0 Å². The summed E-state index contributed by atoms with van der Waals surface area (Å²) in [5.41, 5.74) is 14.0. The van der Waals surface area contributed by atoms with Gasteiger partial charge in [0.25, 0.3) is 0 Å². The first-order chi connectivity index (χ1) is 25.4. The first-order valence-corrected chi connectivity index (χ1v) is 20.1. The number of hydrogen-bond acceptors (Lipinski definition) is 4. The van der Waals surface area contributed by atoms with Gasteiger partial charge in [-0.05, 0) is 116 Å². The Hall–Kier alpha value is -3.70. The molecule has 0 saturated carbocycles. The Bertz CT molecular complexity index is 1400. The number of hydrogen-bond donors (Lipinski definition) is 3. The summed E-state index contributed by atoms with van der Waals surface area (Å²) in [5.74, 6) is 1.29. The van der Waals surface area contributed by atoms with Gasteiger partial charge in [-0.15, -0.1) is 6.58 Å². The van der Waals surface area contributed by atoms with Crippen LogP contribution in [-0.2, 0) is 12.8 Å². The minimum atomic E-state index is -0.331. The van der Waals surface area contributed by atoms with Crippen LogP contribution in [0.2, 0.25) is 0 Å². The van der Waals surface area contributed by atoms with Crippen molar-refractivity contribution in [2.45, 2.75) is 131 Å². The van der Waals surface area contributed by atoms with Gasteiger partial charge < -0.3 is 16.4 Å². The van der Waals surface area contributed by atoms with Crippen molar-refractivity contribution in [3.63, 3.8) is 0 Å². The smallest absolute Gasteiger partial charge is 0.126 e. The van der Waals surface area contributed by atoms with Crippen LogP contribution in [0.4, 0.5) is 10.2 Å². The van der Waals surface area contributed by atoms with Crippen molar-refractivity contribution in [2.75, 3.05) is 25.6 Å². The molecule has 5 heteroatoms. The molecule has 0 amide bonds. The molecule has 0 spiro atoms. The summed E-state index contributed by atoms with van der Waals surface area (Å²) in [6, 6.07) is 17.6. The molecule has 0 aliphatic heterocycles. The highest BCUT2D eigenvalue weighted by Gasteiger charge is 2.26. The molecule has 4 nitrogen and oxygen atoms in total. The summed E-state index contributed by atoms with van der Waals surface area (Å²) in [5, 5.41) is 6.64. The number of nitrogens with zero attached hydrogens (tertiary/aromatic N) is 1. The maximum absolute atomic E-state index is 14.1. The molecule has 4 N–H and O–H groups in total. The lowest BCUT2D eigenvalue weighted by Gasteiger charge is -2.30. The molecule has 3 unspecified atom stereocenters. The predicted octanol–water partition coefficient (Wildman–Crippen LogP) is 12.8. The summed E-state index contributed by atoms with van der Waals surface area (Å²) in [4.78, 5) is 4.20. The van der Waals surface area contributed by atoms with E-state index in [1.54, 1.807) is 0 Å². The number of aromatic nitrogens is 1. The second-order valence-electron chi connectivity index (χ2n) is 13.5. The van der Waals surface area contributed by atoms with Crippen LogP contribution in [0.25, 0.3) is 17.2 Å². The van der Waals surface area contributed by atoms with Crippen LogP contribution in [0.15, 0.2) is 86.2 Å². The van der Waals surface area contributed by atoms with Crippen LogP contribution in [0.3, 0.4) is 0 Å². The number of anilines is 1. The number of benzene rings is 2. The van der Waals surface area contributed by atoms with Gasteiger partial charge in [0.15, 0.2) is 0 Å². The molecule has 1 aromatic heterocycles. The fourth-order valence-electron chi connectivity index (χ4n) is 6.74. The molecule has 0 saturated heterocycles. The Morgan fingerprint density at radius 2 is 1.65 bits per heavy atom. The number of nitrogens with two attached hydrogens (primary N) is 1. The predicted molar refractivity (Wildman–Crippen MR) is 230 cm³/mol. The third kappa shape index (κ3) is 16.3. The van der Waals surface area contributed by atoms with E-state index in [2.05, 4.69) is 111 Å². The molecule has 0 bridgehead atoms. The van der Waals surface area contributed by atoms with Crippen molar-refractivity contribution in [3.05, 3.63) is 114 Å². The maximum atomic E-state index is 14.1. The number of fused-ring (bicyclic) bond motifs is 1. The third-order valence-electron chi connectivity index (χ3n) is 9.74. The Kier molecular flexibility index (Phi) is 25.7. The van der Waals surface area contributed by atoms with E-state index in [9.17, 15) is 4.39 Å². The SMILES string of the molecule is C=CCCCNc1cc(C)ccn1.C=CN.CC.CCCCCCCCc1ccc(-c2ccc(C(CF)C(NC)C(C)CC)cc2)c2c1C=CCC2. The lowest BCUT2D eigenvalue weighted by Crippen LogP contribution is -2.38. The summed E-state index contributed by atoms with van der Waals surface area (Å²) in [6.07, 6.45) is 24.3. The standard InChI is InChI=1S/C32H46FN.C11H16N2.C2H5N.C2H6/c1-5-7-8-9-10-11-14-25-21-22-29(30-16-13-12-15-28(25)30)26-17-19-27(20-18-26)31(23-33)32(34-4)24(3)6-2;1-3-4-5-7-12-11-9-10(2)6-8-13-11;1-2-3;1-2/h12,15,17-22,24,31-32,34H,5-11,13-14,16,23H2,1-4H3;3,6,8-9H,1,4-5,7H2,2H3,(H,12,13);2H,1,3H2;1-2H3. The number of likely N-dealkylation sites (N-methyl/N-ethyl adjacent to an activating group) is 1. The number of aryl methyl sites for hydroxylation is 2. The number of alkyl halides is 1. The lowest BCUT2D eigenvalue weighted by molar-refractivity contribution is 0.288. The molecule has 0 fully saturated rings. The van der Waals surface area contributed by atoms with Gasteiger partial charge in [-0.25, -0.2) is 4.98 Å². The number of pyridine rings is 1. The average molecular weight is 713 g/mol. The van der Waals surface area contributed by atoms with E-state index in [1.807, 2.05) is 45.3 Å². The minimum absolute atomic E-state index is 0.106. The van der Waals surface area contributed by atoms with E-state index in [4.69, 9.17) is 0 Å². The molecular formula is C47H73FN4. The van der Waals surface area contributed by atoms with Crippen molar-refractivity contribution >= 4 is 11.9 Å². The van der Waals surface area contributed by atoms with Gasteiger partial charge in [0.1, 0.15) is 5.82 Å². The van der Waals surface area contributed by atoms with Gasteiger partial charge in [-0.1, -0.05) is 134 Å². The fraction of sp³-hybridized carbons (Fsp3) is 0.511. The summed E-state index contributed by atoms with van der Waals surface area (Å²) < 4.78 is 14.1. The normalized spacial score (nSPS) is 13.0. The van der Waals surface area contributed by atoms with Crippen LogP contribution in [0.5, 0.6) is 0 Å². The molecule has 288 valence electrons. The molecular weight excluding hydrogens is 640 g/mol. The topological polar surface area (TPSA) is 63.0 Å². The highest BCUT2D eigenvalue weighted by molar-refractivity contribution is 5.75. The minimum Gasteiger partial charge on any atom is -0.405 e. The first kappa shape index (κ1) is 46.3. The van der Waals surface area contributed by atoms with Crippen LogP contribution in [-0.4, -0.2) is 31.3 Å². The Balaban J connectivity index is 0.000000622. The van der Waals surface area contributed by atoms with Crippen LogP contribution >= 0.6 is 0 Å². The monoisotopic (exact) mass is 713 g/mol. The summed E-state index contributed by atoms with van der Waals surface area (Å²) >= 11 is 0. The number of unbranched alkanes of at least 4 members (excludes halogenated alkanes) is 6. The van der Waals surface area contributed by atoms with Crippen LogP contribution in [0, 0.1) is 12.8 Å². The van der Waals surface area contributed by atoms with Gasteiger partial charge in [-0.3, -0.25) is 4.39 Å². The molecule has 52 heavy (non-hydrogen) atoms. The maximum Gasteiger partial charge on any atom is 0.126 e. The third-order valence-corrected chi connectivity index (χ3v) is 9.74. The summed E-state index contributed by atoms with van der Waals surface area (Å²) in [7, 11) is 1.96. The number of nitrogens with one attached hydrogen (secondary N) is 2. The van der Waals surface area contributed by atoms with E-state index in [0.29, 0.717) is 5.92 Å². The molecule has 4 rings (SSSR count). The second kappa shape index (κ2) is 28.8. The first-order valence-electron chi connectivity index (χ1n) is 20.1. The zero-order valence-corrected chi connectivity index (χ0v) is 34.0. The lowest BCUT2D eigenvalue weighted by atomic mass is 9.82. The summed E-state index contributed by atoms with van der Waals surface area (Å²) in [6.45, 7) is 20.2. The number of rotatable bonds is 19. The van der Waals surface area contributed by atoms with Crippen LogP contribution < -0.4 is 16.4 Å². The molecule has 1 aliphatic carbocycles. The molecule has 3 atom stereocenters. The van der Waals surface area contributed by atoms with E-state index in [0.717, 1.165) is 50.0 Å². The van der Waals surface area contributed by atoms with Gasteiger partial charge >= 0.3 is 0 Å². The van der Waals surface area contributed by atoms with Crippen molar-refractivity contribution in [2.24, 2.45) is 11.7 Å². The zero-order chi connectivity index (χ0) is 38.6. The second-order valence-corrected chi connectivity index (χ2v) is 13.5. The van der Waals surface area contributed by atoms with Gasteiger partial charge in [0, 0.05) is 24.7 Å². The number of halogens is 1. The van der Waals surface area contributed by atoms with Crippen LogP contribution in [0.1, 0.15) is 133 Å². The Labute approximate surface area is 318 Å². The quantitative estimate of drug-likeness (QED) is 0.0855. The van der Waals surface area contributed by atoms with Crippen molar-refractivity contribution in [1.29, 1.82) is 0 Å². The highest BCUT2D eigenvalue weighted by Crippen LogP contribution is 2.35. The largest absolute Gasteiger partial charge is 0.405 e. The van der Waals surface area contributed by atoms with Gasteiger partial charge in [0.05, 0.1) is 6.67 Å². The zero-order valence-electron chi connectivity index (χ0n) is 34.0. The Morgan fingerprint density at radius 1 is 0.962 bits per heavy atom. The molecule has 1 aliphatic rings. The highest BCUT2D eigenvalue weighted by atomic mass is 19.1.